The maximum atomic E-state index is 12.8. The number of amides is 1. The van der Waals surface area contributed by atoms with Gasteiger partial charge in [0.15, 0.2) is 0 Å². The molecule has 1 aliphatic rings. The third-order valence-corrected chi connectivity index (χ3v) is 7.04. The van der Waals surface area contributed by atoms with E-state index < -0.39 is 0 Å². The normalized spacial score (nSPS) is 17.4. The molecule has 0 aliphatic heterocycles. The van der Waals surface area contributed by atoms with Gasteiger partial charge in [-0.15, -0.1) is 0 Å². The second-order valence-corrected chi connectivity index (χ2v) is 10.2. The molecule has 7 heteroatoms. The number of ether oxygens (including phenoxy) is 1. The predicted octanol–water partition coefficient (Wildman–Crippen LogP) is 6.20. The highest BCUT2D eigenvalue weighted by Gasteiger charge is 2.24. The summed E-state index contributed by atoms with van der Waals surface area (Å²) in [4.78, 5) is 24.3. The lowest BCUT2D eigenvalue weighted by Crippen LogP contribution is -2.40. The van der Waals surface area contributed by atoms with Crippen molar-refractivity contribution in [2.45, 2.75) is 76.8 Å². The molecule has 2 N–H and O–H groups in total. The van der Waals surface area contributed by atoms with Crippen LogP contribution in [-0.4, -0.2) is 48.7 Å². The highest BCUT2D eigenvalue weighted by molar-refractivity contribution is 5.94. The van der Waals surface area contributed by atoms with Crippen molar-refractivity contribution in [3.63, 3.8) is 0 Å². The lowest BCUT2D eigenvalue weighted by molar-refractivity contribution is 0.0926. The van der Waals surface area contributed by atoms with Crippen LogP contribution in [0.2, 0.25) is 0 Å². The van der Waals surface area contributed by atoms with Crippen LogP contribution in [0.15, 0.2) is 48.5 Å². The Kier molecular flexibility index (Phi) is 9.58. The number of carbonyl (C=O) groups excluding carboxylic acids is 1. The molecule has 0 atom stereocenters. The van der Waals surface area contributed by atoms with Crippen molar-refractivity contribution < 1.29 is 9.53 Å². The van der Waals surface area contributed by atoms with Crippen LogP contribution in [0.25, 0.3) is 10.9 Å². The molecular formula is C30H41N5O2. The van der Waals surface area contributed by atoms with E-state index in [1.807, 2.05) is 61.5 Å². The minimum absolute atomic E-state index is 0.0176. The molecule has 4 rings (SSSR count). The predicted molar refractivity (Wildman–Crippen MR) is 152 cm³/mol. The molecule has 3 aromatic rings. The monoisotopic (exact) mass is 503 g/mol. The maximum absolute atomic E-state index is 12.8. The minimum Gasteiger partial charge on any atom is -0.494 e. The van der Waals surface area contributed by atoms with Gasteiger partial charge in [0.2, 0.25) is 5.95 Å². The Morgan fingerprint density at radius 1 is 0.919 bits per heavy atom. The number of aromatic nitrogens is 2. The van der Waals surface area contributed by atoms with E-state index in [4.69, 9.17) is 14.7 Å². The Hall–Kier alpha value is -3.35. The van der Waals surface area contributed by atoms with Gasteiger partial charge in [-0.2, -0.15) is 4.98 Å². The van der Waals surface area contributed by atoms with Crippen molar-refractivity contribution in [3.8, 4) is 5.75 Å². The van der Waals surface area contributed by atoms with Crippen LogP contribution in [-0.2, 0) is 0 Å². The largest absolute Gasteiger partial charge is 0.494 e. The number of unbranched alkanes of at least 4 members (excludes halogenated alkanes) is 4. The molecule has 0 unspecified atom stereocenters. The minimum atomic E-state index is -0.0176. The molecule has 2 aromatic carbocycles. The number of anilines is 2. The number of carbonyl (C=O) groups is 1. The van der Waals surface area contributed by atoms with Crippen molar-refractivity contribution in [2.75, 3.05) is 30.9 Å². The maximum Gasteiger partial charge on any atom is 0.251 e. The average molecular weight is 504 g/mol. The van der Waals surface area contributed by atoms with Crippen LogP contribution in [0.5, 0.6) is 5.75 Å². The van der Waals surface area contributed by atoms with Crippen molar-refractivity contribution >= 4 is 28.6 Å². The number of nitrogens with one attached hydrogen (secondary N) is 2. The second-order valence-electron chi connectivity index (χ2n) is 10.2. The van der Waals surface area contributed by atoms with Crippen molar-refractivity contribution in [1.29, 1.82) is 0 Å². The zero-order chi connectivity index (χ0) is 26.0. The summed E-state index contributed by atoms with van der Waals surface area (Å²) in [5.41, 5.74) is 1.62. The lowest BCUT2D eigenvalue weighted by atomic mass is 9.91. The average Bonchev–Trinajstić information content (AvgIpc) is 2.91. The number of rotatable bonds is 12. The van der Waals surface area contributed by atoms with Crippen LogP contribution in [0.3, 0.4) is 0 Å². The summed E-state index contributed by atoms with van der Waals surface area (Å²) in [5.74, 6) is 2.39. The number of para-hydroxylation sites is 1. The summed E-state index contributed by atoms with van der Waals surface area (Å²) < 4.78 is 5.82. The number of nitrogens with zero attached hydrogens (tertiary/aromatic N) is 3. The first-order chi connectivity index (χ1) is 18.0. The summed E-state index contributed by atoms with van der Waals surface area (Å²) in [6.45, 7) is 2.95. The highest BCUT2D eigenvalue weighted by Crippen LogP contribution is 2.26. The fourth-order valence-electron chi connectivity index (χ4n) is 4.90. The van der Waals surface area contributed by atoms with Gasteiger partial charge in [-0.25, -0.2) is 4.98 Å². The first-order valence-corrected chi connectivity index (χ1v) is 13.8. The third-order valence-electron chi connectivity index (χ3n) is 7.04. The molecule has 37 heavy (non-hydrogen) atoms. The Morgan fingerprint density at radius 2 is 1.62 bits per heavy atom. The molecule has 1 aliphatic carbocycles. The quantitative estimate of drug-likeness (QED) is 0.287. The van der Waals surface area contributed by atoms with Gasteiger partial charge in [0.05, 0.1) is 12.1 Å². The molecule has 0 saturated heterocycles. The fourth-order valence-corrected chi connectivity index (χ4v) is 4.90. The molecular weight excluding hydrogens is 462 g/mol. The van der Waals surface area contributed by atoms with Crippen LogP contribution < -0.4 is 20.3 Å². The lowest BCUT2D eigenvalue weighted by Gasteiger charge is -2.30. The smallest absolute Gasteiger partial charge is 0.251 e. The Balaban J connectivity index is 1.23. The SMILES string of the molecule is CCCCCCCOc1ccc(C(=O)NC2CCC(Nc3nc(N(C)C)c4ccccc4n3)CC2)cc1. The summed E-state index contributed by atoms with van der Waals surface area (Å²) in [7, 11) is 4.01. The molecule has 1 amide bonds. The first kappa shape index (κ1) is 26.7. The Morgan fingerprint density at radius 3 is 2.35 bits per heavy atom. The van der Waals surface area contributed by atoms with Gasteiger partial charge in [0.1, 0.15) is 11.6 Å². The van der Waals surface area contributed by atoms with Crippen LogP contribution in [0.4, 0.5) is 11.8 Å². The van der Waals surface area contributed by atoms with Gasteiger partial charge in [-0.05, 0) is 68.5 Å². The van der Waals surface area contributed by atoms with Crippen LogP contribution in [0.1, 0.15) is 75.1 Å². The van der Waals surface area contributed by atoms with Gasteiger partial charge >= 0.3 is 0 Å². The van der Waals surface area contributed by atoms with Crippen molar-refractivity contribution in [2.24, 2.45) is 0 Å². The van der Waals surface area contributed by atoms with E-state index in [-0.39, 0.29) is 11.9 Å². The van der Waals surface area contributed by atoms with Gasteiger partial charge in [-0.3, -0.25) is 4.79 Å². The van der Waals surface area contributed by atoms with Crippen molar-refractivity contribution in [1.82, 2.24) is 15.3 Å². The molecule has 0 radical (unpaired) electrons. The Labute approximate surface area is 221 Å². The zero-order valence-electron chi connectivity index (χ0n) is 22.5. The molecule has 0 spiro atoms. The molecule has 0 bridgehead atoms. The molecule has 7 nitrogen and oxygen atoms in total. The van der Waals surface area contributed by atoms with Crippen LogP contribution >= 0.6 is 0 Å². The third kappa shape index (κ3) is 7.57. The zero-order valence-corrected chi connectivity index (χ0v) is 22.5. The number of benzene rings is 2. The standard InChI is InChI=1S/C30H41N5O2/c1-4-5-6-7-10-21-37-25-19-13-22(14-20-25)29(36)31-23-15-17-24(18-16-23)32-30-33-27-12-9-8-11-26(27)28(34-30)35(2)3/h8-9,11-14,19-20,23-24H,4-7,10,15-18,21H2,1-3H3,(H,31,36)(H,32,33,34). The van der Waals surface area contributed by atoms with E-state index in [2.05, 4.69) is 23.6 Å². The second kappa shape index (κ2) is 13.3. The molecule has 1 aromatic heterocycles. The van der Waals surface area contributed by atoms with Gasteiger partial charge < -0.3 is 20.3 Å². The summed E-state index contributed by atoms with van der Waals surface area (Å²) in [6.07, 6.45) is 9.87. The van der Waals surface area contributed by atoms with Crippen LogP contribution in [0, 0.1) is 0 Å². The summed E-state index contributed by atoms with van der Waals surface area (Å²) in [5, 5.41) is 7.80. The summed E-state index contributed by atoms with van der Waals surface area (Å²) in [6, 6.07) is 16.1. The number of hydrogen-bond acceptors (Lipinski definition) is 6. The first-order valence-electron chi connectivity index (χ1n) is 13.8. The summed E-state index contributed by atoms with van der Waals surface area (Å²) >= 11 is 0. The molecule has 198 valence electrons. The van der Waals surface area contributed by atoms with E-state index in [1.165, 1.54) is 25.7 Å². The van der Waals surface area contributed by atoms with Gasteiger partial charge in [-0.1, -0.05) is 44.7 Å². The fraction of sp³-hybridized carbons (Fsp3) is 0.500. The van der Waals surface area contributed by atoms with E-state index in [9.17, 15) is 4.79 Å². The van der Waals surface area contributed by atoms with Gasteiger partial charge in [0, 0.05) is 37.1 Å². The Bertz CT molecular complexity index is 1140. The molecule has 1 fully saturated rings. The van der Waals surface area contributed by atoms with Gasteiger partial charge in [0.25, 0.3) is 5.91 Å². The number of fused-ring (bicyclic) bond motifs is 1. The molecule has 1 heterocycles. The molecule has 1 saturated carbocycles. The van der Waals surface area contributed by atoms with Crippen molar-refractivity contribution in [3.05, 3.63) is 54.1 Å². The van der Waals surface area contributed by atoms with E-state index in [1.54, 1.807) is 0 Å². The van der Waals surface area contributed by atoms with E-state index >= 15 is 0 Å². The highest BCUT2D eigenvalue weighted by atomic mass is 16.5. The van der Waals surface area contributed by atoms with E-state index in [0.29, 0.717) is 17.6 Å². The topological polar surface area (TPSA) is 79.4 Å². The van der Waals surface area contributed by atoms with E-state index in [0.717, 1.165) is 61.2 Å². The number of hydrogen-bond donors (Lipinski definition) is 2.